The van der Waals surface area contributed by atoms with Crippen LogP contribution in [0, 0.1) is 13.3 Å². The molecule has 1 rings (SSSR count). The fourth-order valence-electron chi connectivity index (χ4n) is 0.660. The van der Waals surface area contributed by atoms with Crippen LogP contribution in [0.4, 0.5) is 0 Å². The van der Waals surface area contributed by atoms with Crippen molar-refractivity contribution in [3.05, 3.63) is 24.1 Å². The molecule has 0 amide bonds. The second-order valence-electron chi connectivity index (χ2n) is 1.70. The molecular formula is C6H9N2. The smallest absolute Gasteiger partial charge is 0.0925 e. The summed E-state index contributed by atoms with van der Waals surface area (Å²) in [7, 11) is 0. The summed E-state index contributed by atoms with van der Waals surface area (Å²) in [4.78, 5) is 7.00. The minimum Gasteiger partial charge on any atom is -0.348 e. The Kier molecular flexibility index (Phi) is 1.33. The van der Waals surface area contributed by atoms with Gasteiger partial charge in [-0.3, -0.25) is 0 Å². The van der Waals surface area contributed by atoms with Gasteiger partial charge in [0.15, 0.2) is 0 Å². The Hall–Kier alpha value is -0.790. The van der Waals surface area contributed by atoms with Gasteiger partial charge in [0.1, 0.15) is 0 Å². The average molecular weight is 109 g/mol. The Morgan fingerprint density at radius 1 is 1.75 bits per heavy atom. The molecule has 1 N–H and O–H groups in total. The van der Waals surface area contributed by atoms with Crippen LogP contribution in [-0.2, 0) is 0 Å². The zero-order valence-electron chi connectivity index (χ0n) is 5.10. The van der Waals surface area contributed by atoms with Gasteiger partial charge >= 0.3 is 0 Å². The number of imidazole rings is 1. The van der Waals surface area contributed by atoms with Gasteiger partial charge < -0.3 is 4.98 Å². The minimum absolute atomic E-state index is 1.05. The average Bonchev–Trinajstić information content (AvgIpc) is 2.14. The number of H-pyrrole nitrogens is 1. The summed E-state index contributed by atoms with van der Waals surface area (Å²) in [6.45, 7) is 3.98. The zero-order valence-corrected chi connectivity index (χ0v) is 5.10. The van der Waals surface area contributed by atoms with Crippen LogP contribution in [0.2, 0.25) is 0 Å². The number of aryl methyl sites for hydroxylation is 1. The quantitative estimate of drug-likeness (QED) is 0.578. The molecule has 1 aromatic heterocycles. The third kappa shape index (κ3) is 0.735. The van der Waals surface area contributed by atoms with Gasteiger partial charge in [0.2, 0.25) is 0 Å². The predicted molar refractivity (Wildman–Crippen MR) is 32.4 cm³/mol. The van der Waals surface area contributed by atoms with Gasteiger partial charge in [-0.1, -0.05) is 6.92 Å². The van der Waals surface area contributed by atoms with Crippen LogP contribution in [0.15, 0.2) is 6.33 Å². The molecule has 0 unspecified atom stereocenters. The summed E-state index contributed by atoms with van der Waals surface area (Å²) in [6.07, 6.45) is 3.68. The molecule has 0 aliphatic rings. The molecule has 0 saturated carbocycles. The minimum atomic E-state index is 1.05. The topological polar surface area (TPSA) is 28.7 Å². The molecule has 2 heteroatoms. The van der Waals surface area contributed by atoms with E-state index in [1.807, 2.05) is 20.3 Å². The van der Waals surface area contributed by atoms with Gasteiger partial charge in [-0.25, -0.2) is 4.98 Å². The van der Waals surface area contributed by atoms with E-state index in [0.717, 1.165) is 11.4 Å². The summed E-state index contributed by atoms with van der Waals surface area (Å²) in [6, 6.07) is 0. The lowest BCUT2D eigenvalue weighted by Gasteiger charge is -1.85. The van der Waals surface area contributed by atoms with Crippen molar-refractivity contribution in [3.63, 3.8) is 0 Å². The Morgan fingerprint density at radius 2 is 2.50 bits per heavy atom. The van der Waals surface area contributed by atoms with E-state index in [4.69, 9.17) is 0 Å². The number of nitrogens with one attached hydrogen (secondary N) is 1. The van der Waals surface area contributed by atoms with Crippen molar-refractivity contribution in [1.29, 1.82) is 0 Å². The number of aromatic amines is 1. The highest BCUT2D eigenvalue weighted by Gasteiger charge is 1.93. The maximum atomic E-state index is 4.02. The Labute approximate surface area is 49.0 Å². The van der Waals surface area contributed by atoms with Crippen LogP contribution in [0.25, 0.3) is 0 Å². The monoisotopic (exact) mass is 109 g/mol. The van der Waals surface area contributed by atoms with E-state index in [1.165, 1.54) is 0 Å². The number of hydrogen-bond acceptors (Lipinski definition) is 1. The van der Waals surface area contributed by atoms with Crippen LogP contribution in [-0.4, -0.2) is 9.97 Å². The molecule has 0 bridgehead atoms. The second kappa shape index (κ2) is 1.99. The van der Waals surface area contributed by atoms with E-state index in [2.05, 4.69) is 9.97 Å². The van der Waals surface area contributed by atoms with E-state index >= 15 is 0 Å². The van der Waals surface area contributed by atoms with Gasteiger partial charge in [-0.05, 0) is 6.92 Å². The highest BCUT2D eigenvalue weighted by molar-refractivity contribution is 5.15. The molecular weight excluding hydrogens is 100 g/mol. The highest BCUT2D eigenvalue weighted by atomic mass is 14.9. The van der Waals surface area contributed by atoms with E-state index in [1.54, 1.807) is 6.33 Å². The number of hydrogen-bond donors (Lipinski definition) is 1. The third-order valence-electron chi connectivity index (χ3n) is 1.14. The summed E-state index contributed by atoms with van der Waals surface area (Å²) >= 11 is 0. The summed E-state index contributed by atoms with van der Waals surface area (Å²) < 4.78 is 0. The molecule has 43 valence electrons. The first-order chi connectivity index (χ1) is 3.84. The van der Waals surface area contributed by atoms with E-state index in [0.29, 0.717) is 0 Å². The Balaban J connectivity index is 2.92. The highest BCUT2D eigenvalue weighted by Crippen LogP contribution is 2.00. The van der Waals surface area contributed by atoms with Gasteiger partial charge in [0.05, 0.1) is 12.0 Å². The molecule has 0 aliphatic heterocycles. The number of nitrogens with zero attached hydrogens (tertiary/aromatic N) is 1. The van der Waals surface area contributed by atoms with E-state index in [9.17, 15) is 0 Å². The largest absolute Gasteiger partial charge is 0.348 e. The molecule has 8 heavy (non-hydrogen) atoms. The van der Waals surface area contributed by atoms with Crippen molar-refractivity contribution in [1.82, 2.24) is 9.97 Å². The lowest BCUT2D eigenvalue weighted by atomic mass is 10.3. The van der Waals surface area contributed by atoms with Crippen LogP contribution >= 0.6 is 0 Å². The molecule has 1 aromatic rings. The van der Waals surface area contributed by atoms with Crippen molar-refractivity contribution < 1.29 is 0 Å². The maximum Gasteiger partial charge on any atom is 0.0925 e. The van der Waals surface area contributed by atoms with Gasteiger partial charge in [0.25, 0.3) is 0 Å². The first kappa shape index (κ1) is 5.35. The molecule has 0 saturated heterocycles. The zero-order chi connectivity index (χ0) is 5.98. The third-order valence-corrected chi connectivity index (χ3v) is 1.14. The molecule has 0 atom stereocenters. The fourth-order valence-corrected chi connectivity index (χ4v) is 0.660. The molecule has 2 nitrogen and oxygen atoms in total. The number of aromatic nitrogens is 2. The first-order valence-corrected chi connectivity index (χ1v) is 2.64. The molecule has 0 fully saturated rings. The second-order valence-corrected chi connectivity index (χ2v) is 1.70. The Morgan fingerprint density at radius 3 is 2.75 bits per heavy atom. The Bertz CT molecular complexity index is 167. The van der Waals surface area contributed by atoms with Crippen molar-refractivity contribution >= 4 is 0 Å². The molecule has 0 aromatic carbocycles. The SMILES string of the molecule is C[CH]c1nc[nH]c1C. The van der Waals surface area contributed by atoms with Crippen LogP contribution in [0.1, 0.15) is 18.3 Å². The van der Waals surface area contributed by atoms with Gasteiger partial charge in [-0.2, -0.15) is 0 Å². The summed E-state index contributed by atoms with van der Waals surface area (Å²) in [5.74, 6) is 0. The van der Waals surface area contributed by atoms with Crippen LogP contribution in [0.5, 0.6) is 0 Å². The van der Waals surface area contributed by atoms with Crippen molar-refractivity contribution in [2.45, 2.75) is 13.8 Å². The summed E-state index contributed by atoms with van der Waals surface area (Å²) in [5.41, 5.74) is 2.18. The predicted octanol–water partition coefficient (Wildman–Crippen LogP) is 1.29. The van der Waals surface area contributed by atoms with Crippen LogP contribution < -0.4 is 0 Å². The molecule has 1 radical (unpaired) electrons. The number of rotatable bonds is 1. The summed E-state index contributed by atoms with van der Waals surface area (Å²) in [5, 5.41) is 0. The first-order valence-electron chi connectivity index (χ1n) is 2.64. The van der Waals surface area contributed by atoms with Gasteiger partial charge in [0, 0.05) is 12.1 Å². The van der Waals surface area contributed by atoms with Crippen LogP contribution in [0.3, 0.4) is 0 Å². The van der Waals surface area contributed by atoms with E-state index < -0.39 is 0 Å². The molecule has 0 aliphatic carbocycles. The fraction of sp³-hybridized carbons (Fsp3) is 0.333. The lowest BCUT2D eigenvalue weighted by molar-refractivity contribution is 1.22. The van der Waals surface area contributed by atoms with Crippen molar-refractivity contribution in [2.75, 3.05) is 0 Å². The lowest BCUT2D eigenvalue weighted by Crippen LogP contribution is -1.78. The maximum absolute atomic E-state index is 4.02. The van der Waals surface area contributed by atoms with Crippen molar-refractivity contribution in [3.8, 4) is 0 Å². The molecule has 1 heterocycles. The standard InChI is InChI=1S/C6H9N2/c1-3-6-5(2)7-4-8-6/h3-4H,1-2H3,(H,7,8). The van der Waals surface area contributed by atoms with Crippen molar-refractivity contribution in [2.24, 2.45) is 0 Å². The molecule has 0 spiro atoms. The van der Waals surface area contributed by atoms with E-state index in [-0.39, 0.29) is 0 Å². The van der Waals surface area contributed by atoms with Gasteiger partial charge in [-0.15, -0.1) is 0 Å². The normalized spacial score (nSPS) is 9.75.